The maximum absolute atomic E-state index is 12.4. The lowest BCUT2D eigenvalue weighted by atomic mass is 10.0. The zero-order chi connectivity index (χ0) is 6.91. The Kier molecular flexibility index (Phi) is 1.68. The van der Waals surface area contributed by atoms with Crippen LogP contribution in [0.5, 0.6) is 0 Å². The summed E-state index contributed by atoms with van der Waals surface area (Å²) in [6.07, 6.45) is 0.368. The Hall–Kier alpha value is -0.220. The number of nitrogens with one attached hydrogen (secondary N) is 1. The van der Waals surface area contributed by atoms with Crippen LogP contribution in [0.3, 0.4) is 0 Å². The van der Waals surface area contributed by atoms with Crippen molar-refractivity contribution in [3.63, 3.8) is 0 Å². The first-order valence-electron chi connectivity index (χ1n) is 2.97. The molecule has 2 nitrogen and oxygen atoms in total. The smallest absolute Gasteiger partial charge is 0.275 e. The lowest BCUT2D eigenvalue weighted by Crippen LogP contribution is -2.53. The van der Waals surface area contributed by atoms with Crippen molar-refractivity contribution >= 4 is 0 Å². The van der Waals surface area contributed by atoms with Gasteiger partial charge in [0.25, 0.3) is 5.92 Å². The van der Waals surface area contributed by atoms with Gasteiger partial charge in [-0.1, -0.05) is 0 Å². The van der Waals surface area contributed by atoms with Crippen molar-refractivity contribution < 1.29 is 8.78 Å². The molecular formula is C5H10F2N2. The first-order valence-corrected chi connectivity index (χ1v) is 2.97. The maximum atomic E-state index is 12.4. The lowest BCUT2D eigenvalue weighted by Gasteiger charge is -2.28. The zero-order valence-corrected chi connectivity index (χ0v) is 5.03. The average molecular weight is 136 g/mol. The SMILES string of the molecule is NC1CCNCC1(F)F. The van der Waals surface area contributed by atoms with Gasteiger partial charge in [-0.2, -0.15) is 0 Å². The summed E-state index contributed by atoms with van der Waals surface area (Å²) in [6.45, 7) is 0.338. The summed E-state index contributed by atoms with van der Waals surface area (Å²) in [4.78, 5) is 0. The van der Waals surface area contributed by atoms with Gasteiger partial charge in [-0.3, -0.25) is 0 Å². The fraction of sp³-hybridized carbons (Fsp3) is 1.00. The maximum Gasteiger partial charge on any atom is 0.275 e. The number of nitrogens with two attached hydrogens (primary N) is 1. The minimum atomic E-state index is -2.70. The van der Waals surface area contributed by atoms with Crippen LogP contribution in [0.4, 0.5) is 8.78 Å². The van der Waals surface area contributed by atoms with Crippen molar-refractivity contribution in [2.45, 2.75) is 18.4 Å². The van der Waals surface area contributed by atoms with Gasteiger partial charge in [0.1, 0.15) is 0 Å². The molecule has 1 atom stereocenters. The van der Waals surface area contributed by atoms with Crippen molar-refractivity contribution in [2.24, 2.45) is 5.73 Å². The van der Waals surface area contributed by atoms with E-state index in [0.29, 0.717) is 13.0 Å². The summed E-state index contributed by atoms with van der Waals surface area (Å²) in [5.74, 6) is -2.70. The van der Waals surface area contributed by atoms with Crippen molar-refractivity contribution in [3.05, 3.63) is 0 Å². The molecule has 1 aliphatic heterocycles. The number of hydrogen-bond acceptors (Lipinski definition) is 2. The van der Waals surface area contributed by atoms with E-state index in [4.69, 9.17) is 5.73 Å². The van der Waals surface area contributed by atoms with Gasteiger partial charge in [0.2, 0.25) is 0 Å². The van der Waals surface area contributed by atoms with Crippen LogP contribution in [-0.4, -0.2) is 25.1 Å². The summed E-state index contributed by atoms with van der Waals surface area (Å²) in [6, 6.07) is -0.946. The fourth-order valence-corrected chi connectivity index (χ4v) is 0.855. The van der Waals surface area contributed by atoms with E-state index < -0.39 is 12.0 Å². The van der Waals surface area contributed by atoms with Gasteiger partial charge >= 0.3 is 0 Å². The fourth-order valence-electron chi connectivity index (χ4n) is 0.855. The highest BCUT2D eigenvalue weighted by molar-refractivity contribution is 4.86. The third kappa shape index (κ3) is 1.37. The molecule has 54 valence electrons. The number of hydrogen-bond donors (Lipinski definition) is 2. The van der Waals surface area contributed by atoms with Crippen molar-refractivity contribution in [1.82, 2.24) is 5.32 Å². The van der Waals surface area contributed by atoms with Crippen LogP contribution < -0.4 is 11.1 Å². The van der Waals surface area contributed by atoms with Gasteiger partial charge in [0.05, 0.1) is 12.6 Å². The topological polar surface area (TPSA) is 38.0 Å². The molecule has 0 bridgehead atoms. The number of piperidine rings is 1. The molecule has 0 radical (unpaired) electrons. The predicted molar refractivity (Wildman–Crippen MR) is 30.4 cm³/mol. The van der Waals surface area contributed by atoms with E-state index in [1.807, 2.05) is 0 Å². The lowest BCUT2D eigenvalue weighted by molar-refractivity contribution is -0.0388. The Bertz CT molecular complexity index is 105. The second kappa shape index (κ2) is 2.19. The van der Waals surface area contributed by atoms with E-state index >= 15 is 0 Å². The molecule has 0 amide bonds. The molecule has 1 aliphatic rings. The molecule has 1 saturated heterocycles. The van der Waals surface area contributed by atoms with Gasteiger partial charge < -0.3 is 11.1 Å². The molecule has 0 aromatic carbocycles. The molecule has 3 N–H and O–H groups in total. The van der Waals surface area contributed by atoms with Crippen molar-refractivity contribution in [1.29, 1.82) is 0 Å². The molecule has 0 saturated carbocycles. The first kappa shape index (κ1) is 6.89. The molecular weight excluding hydrogens is 126 g/mol. The molecule has 1 rings (SSSR count). The van der Waals surface area contributed by atoms with Gasteiger partial charge in [0.15, 0.2) is 0 Å². The highest BCUT2D eigenvalue weighted by Crippen LogP contribution is 2.20. The van der Waals surface area contributed by atoms with Gasteiger partial charge in [-0.05, 0) is 13.0 Å². The van der Waals surface area contributed by atoms with Gasteiger partial charge in [-0.25, -0.2) is 8.78 Å². The summed E-state index contributed by atoms with van der Waals surface area (Å²) in [5, 5.41) is 2.58. The van der Waals surface area contributed by atoms with Crippen LogP contribution in [0.1, 0.15) is 6.42 Å². The molecule has 0 aromatic heterocycles. The second-order valence-electron chi connectivity index (χ2n) is 2.33. The molecule has 1 heterocycles. The van der Waals surface area contributed by atoms with E-state index in [2.05, 4.69) is 5.32 Å². The van der Waals surface area contributed by atoms with Crippen LogP contribution >= 0.6 is 0 Å². The van der Waals surface area contributed by atoms with E-state index in [0.717, 1.165) is 0 Å². The quantitative estimate of drug-likeness (QED) is 0.489. The van der Waals surface area contributed by atoms with Gasteiger partial charge in [-0.15, -0.1) is 0 Å². The molecule has 1 unspecified atom stereocenters. The van der Waals surface area contributed by atoms with E-state index in [1.165, 1.54) is 0 Å². The molecule has 1 fully saturated rings. The summed E-state index contributed by atoms with van der Waals surface area (Å²) in [5.41, 5.74) is 5.12. The van der Waals surface area contributed by atoms with E-state index in [-0.39, 0.29) is 6.54 Å². The Morgan fingerprint density at radius 2 is 2.22 bits per heavy atom. The Labute approximate surface area is 52.4 Å². The highest BCUT2D eigenvalue weighted by Gasteiger charge is 2.38. The van der Waals surface area contributed by atoms with E-state index in [1.54, 1.807) is 0 Å². The van der Waals surface area contributed by atoms with Crippen molar-refractivity contribution in [2.75, 3.05) is 13.1 Å². The van der Waals surface area contributed by atoms with Crippen LogP contribution in [0.25, 0.3) is 0 Å². The average Bonchev–Trinajstić information content (AvgIpc) is 1.77. The Morgan fingerprint density at radius 3 is 2.56 bits per heavy atom. The number of alkyl halides is 2. The monoisotopic (exact) mass is 136 g/mol. The van der Waals surface area contributed by atoms with Crippen LogP contribution in [-0.2, 0) is 0 Å². The summed E-state index contributed by atoms with van der Waals surface area (Å²) in [7, 11) is 0. The summed E-state index contributed by atoms with van der Waals surface area (Å²) >= 11 is 0. The van der Waals surface area contributed by atoms with Crippen molar-refractivity contribution in [3.8, 4) is 0 Å². The van der Waals surface area contributed by atoms with Crippen LogP contribution in [0, 0.1) is 0 Å². The highest BCUT2D eigenvalue weighted by atomic mass is 19.3. The van der Waals surface area contributed by atoms with Crippen LogP contribution in [0.2, 0.25) is 0 Å². The largest absolute Gasteiger partial charge is 0.323 e. The Morgan fingerprint density at radius 1 is 1.56 bits per heavy atom. The normalized spacial score (nSPS) is 34.3. The third-order valence-corrected chi connectivity index (χ3v) is 1.54. The van der Waals surface area contributed by atoms with E-state index in [9.17, 15) is 8.78 Å². The molecule has 0 spiro atoms. The zero-order valence-electron chi connectivity index (χ0n) is 5.03. The minimum Gasteiger partial charge on any atom is -0.323 e. The standard InChI is InChI=1S/C5H10F2N2/c6-5(7)3-9-2-1-4(5)8/h4,9H,1-3,8H2. The minimum absolute atomic E-state index is 0.270. The Balaban J connectivity index is 2.49. The first-order chi connectivity index (χ1) is 4.13. The van der Waals surface area contributed by atoms with Crippen LogP contribution in [0.15, 0.2) is 0 Å². The summed E-state index contributed by atoms with van der Waals surface area (Å²) < 4.78 is 24.8. The second-order valence-corrected chi connectivity index (χ2v) is 2.33. The number of halogens is 2. The molecule has 9 heavy (non-hydrogen) atoms. The molecule has 0 aliphatic carbocycles. The predicted octanol–water partition coefficient (Wildman–Crippen LogP) is -0.0577. The molecule has 4 heteroatoms. The number of rotatable bonds is 0. The third-order valence-electron chi connectivity index (χ3n) is 1.54. The van der Waals surface area contributed by atoms with Gasteiger partial charge in [0, 0.05) is 0 Å². The molecule has 0 aromatic rings.